The highest BCUT2D eigenvalue weighted by atomic mass is 16.5. The molecule has 4 heteroatoms. The normalized spacial score (nSPS) is 28.7. The largest absolute Gasteiger partial charge is 0.493 e. The molecular weight excluding hydrogens is 420 g/mol. The fraction of sp³-hybridized carbons (Fsp3) is 0.567. The topological polar surface area (TPSA) is 41.6 Å². The van der Waals surface area contributed by atoms with Gasteiger partial charge in [-0.1, -0.05) is 75.2 Å². The number of aryl methyl sites for hydroxylation is 1. The standard InChI is InChI=1S/C30H40N2O2/c1-4-22(5-2)27-18-24(23-11-7-6-8-12-23)14-16-32(27)29(33)26-19-31-20-30(26)15-17-34-28-21(3)10-9-13-25(28)30/h6-13,22,24,26-27,31H,4-5,14-20H2,1-3H3. The maximum absolute atomic E-state index is 14.4. The number of hydrogen-bond donors (Lipinski definition) is 1. The number of piperidine rings is 1. The molecule has 3 aliphatic heterocycles. The van der Waals surface area contributed by atoms with Gasteiger partial charge >= 0.3 is 0 Å². The van der Waals surface area contributed by atoms with Crippen LogP contribution < -0.4 is 10.1 Å². The Morgan fingerprint density at radius 3 is 2.71 bits per heavy atom. The van der Waals surface area contributed by atoms with Gasteiger partial charge in [0.2, 0.25) is 5.91 Å². The van der Waals surface area contributed by atoms with E-state index in [2.05, 4.69) is 79.5 Å². The molecule has 3 aliphatic rings. The quantitative estimate of drug-likeness (QED) is 0.645. The highest BCUT2D eigenvalue weighted by Gasteiger charge is 2.53. The van der Waals surface area contributed by atoms with Crippen LogP contribution in [-0.2, 0) is 10.2 Å². The molecule has 5 rings (SSSR count). The van der Waals surface area contributed by atoms with E-state index in [4.69, 9.17) is 4.74 Å². The van der Waals surface area contributed by atoms with Crippen LogP contribution in [0.1, 0.15) is 68.6 Å². The van der Waals surface area contributed by atoms with Crippen molar-refractivity contribution >= 4 is 5.91 Å². The maximum atomic E-state index is 14.4. The van der Waals surface area contributed by atoms with Crippen LogP contribution in [-0.4, -0.2) is 43.1 Å². The number of ether oxygens (including phenoxy) is 1. The Bertz CT molecular complexity index is 1000. The van der Waals surface area contributed by atoms with Gasteiger partial charge in [-0.05, 0) is 49.1 Å². The summed E-state index contributed by atoms with van der Waals surface area (Å²) < 4.78 is 6.12. The summed E-state index contributed by atoms with van der Waals surface area (Å²) in [7, 11) is 0. The lowest BCUT2D eigenvalue weighted by atomic mass is 9.67. The number of benzene rings is 2. The average Bonchev–Trinajstić information content (AvgIpc) is 3.29. The summed E-state index contributed by atoms with van der Waals surface area (Å²) in [5, 5.41) is 3.62. The molecule has 2 saturated heterocycles. The Labute approximate surface area is 205 Å². The van der Waals surface area contributed by atoms with Crippen LogP contribution >= 0.6 is 0 Å². The molecule has 0 saturated carbocycles. The number of likely N-dealkylation sites (tertiary alicyclic amines) is 1. The van der Waals surface area contributed by atoms with Crippen molar-refractivity contribution in [1.82, 2.24) is 10.2 Å². The lowest BCUT2D eigenvalue weighted by molar-refractivity contribution is -0.142. The average molecular weight is 461 g/mol. The van der Waals surface area contributed by atoms with Gasteiger partial charge < -0.3 is 15.0 Å². The van der Waals surface area contributed by atoms with Crippen molar-refractivity contribution < 1.29 is 9.53 Å². The first kappa shape index (κ1) is 23.4. The number of para-hydroxylation sites is 1. The highest BCUT2D eigenvalue weighted by Crippen LogP contribution is 2.48. The Morgan fingerprint density at radius 1 is 1.15 bits per heavy atom. The van der Waals surface area contributed by atoms with Crippen molar-refractivity contribution in [3.63, 3.8) is 0 Å². The lowest BCUT2D eigenvalue weighted by Crippen LogP contribution is -2.55. The zero-order valence-corrected chi connectivity index (χ0v) is 21.1. The van der Waals surface area contributed by atoms with Crippen molar-refractivity contribution in [1.29, 1.82) is 0 Å². The molecule has 0 bridgehead atoms. The smallest absolute Gasteiger partial charge is 0.228 e. The van der Waals surface area contributed by atoms with E-state index in [1.807, 2.05) is 0 Å². The molecule has 182 valence electrons. The van der Waals surface area contributed by atoms with Crippen molar-refractivity contribution in [3.05, 3.63) is 65.2 Å². The van der Waals surface area contributed by atoms with Crippen LogP contribution in [0.25, 0.3) is 0 Å². The SMILES string of the molecule is CCC(CC)C1CC(c2ccccc2)CCN1C(=O)C1CNCC12CCOc1c(C)cccc12. The van der Waals surface area contributed by atoms with Crippen LogP contribution in [0.4, 0.5) is 0 Å². The molecule has 2 aromatic carbocycles. The molecule has 3 heterocycles. The predicted molar refractivity (Wildman–Crippen MR) is 137 cm³/mol. The summed E-state index contributed by atoms with van der Waals surface area (Å²) in [5.41, 5.74) is 3.68. The molecule has 4 nitrogen and oxygen atoms in total. The van der Waals surface area contributed by atoms with E-state index in [9.17, 15) is 4.79 Å². The minimum absolute atomic E-state index is 0.0258. The van der Waals surface area contributed by atoms with E-state index in [0.717, 1.165) is 57.5 Å². The summed E-state index contributed by atoms with van der Waals surface area (Å²) in [6, 6.07) is 17.7. The zero-order valence-electron chi connectivity index (χ0n) is 21.1. The lowest BCUT2D eigenvalue weighted by Gasteiger charge is -2.47. The molecule has 34 heavy (non-hydrogen) atoms. The van der Waals surface area contributed by atoms with Gasteiger partial charge in [0, 0.05) is 36.7 Å². The molecular formula is C30H40N2O2. The van der Waals surface area contributed by atoms with E-state index in [1.54, 1.807) is 0 Å². The third kappa shape index (κ3) is 3.94. The van der Waals surface area contributed by atoms with E-state index in [0.29, 0.717) is 30.4 Å². The Morgan fingerprint density at radius 2 is 1.94 bits per heavy atom. The van der Waals surface area contributed by atoms with Gasteiger partial charge in [0.25, 0.3) is 0 Å². The summed E-state index contributed by atoms with van der Waals surface area (Å²) >= 11 is 0. The van der Waals surface area contributed by atoms with Gasteiger partial charge in [0.1, 0.15) is 5.75 Å². The van der Waals surface area contributed by atoms with Crippen LogP contribution in [0.15, 0.2) is 48.5 Å². The van der Waals surface area contributed by atoms with Crippen LogP contribution in [0, 0.1) is 18.8 Å². The van der Waals surface area contributed by atoms with E-state index in [-0.39, 0.29) is 11.3 Å². The second-order valence-electron chi connectivity index (χ2n) is 10.7. The molecule has 0 aliphatic carbocycles. The van der Waals surface area contributed by atoms with Gasteiger partial charge in [-0.15, -0.1) is 0 Å². The minimum Gasteiger partial charge on any atom is -0.493 e. The number of rotatable bonds is 5. The maximum Gasteiger partial charge on any atom is 0.228 e. The number of hydrogen-bond acceptors (Lipinski definition) is 3. The molecule has 1 amide bonds. The summed E-state index contributed by atoms with van der Waals surface area (Å²) in [6.45, 7) is 9.88. The molecule has 1 N–H and O–H groups in total. The van der Waals surface area contributed by atoms with Crippen molar-refractivity contribution in [3.8, 4) is 5.75 Å². The van der Waals surface area contributed by atoms with Gasteiger partial charge in [0.05, 0.1) is 12.5 Å². The molecule has 2 aromatic rings. The zero-order chi connectivity index (χ0) is 23.7. The number of nitrogens with one attached hydrogen (secondary N) is 1. The monoisotopic (exact) mass is 460 g/mol. The van der Waals surface area contributed by atoms with Gasteiger partial charge in [-0.3, -0.25) is 4.79 Å². The van der Waals surface area contributed by atoms with Crippen molar-refractivity contribution in [2.75, 3.05) is 26.2 Å². The first-order valence-electron chi connectivity index (χ1n) is 13.4. The number of carbonyl (C=O) groups is 1. The van der Waals surface area contributed by atoms with Crippen LogP contribution in [0.2, 0.25) is 0 Å². The predicted octanol–water partition coefficient (Wildman–Crippen LogP) is 5.45. The molecule has 2 fully saturated rings. The third-order valence-corrected chi connectivity index (χ3v) is 9.09. The fourth-order valence-electron chi connectivity index (χ4n) is 7.11. The van der Waals surface area contributed by atoms with E-state index >= 15 is 0 Å². The van der Waals surface area contributed by atoms with E-state index in [1.165, 1.54) is 16.7 Å². The van der Waals surface area contributed by atoms with E-state index < -0.39 is 0 Å². The molecule has 4 unspecified atom stereocenters. The van der Waals surface area contributed by atoms with Gasteiger partial charge in [-0.2, -0.15) is 0 Å². The molecule has 0 radical (unpaired) electrons. The van der Waals surface area contributed by atoms with Crippen LogP contribution in [0.5, 0.6) is 5.75 Å². The highest BCUT2D eigenvalue weighted by molar-refractivity contribution is 5.82. The Hall–Kier alpha value is -2.33. The summed E-state index contributed by atoms with van der Waals surface area (Å²) in [4.78, 5) is 16.7. The second kappa shape index (κ2) is 9.73. The van der Waals surface area contributed by atoms with Gasteiger partial charge in [0.15, 0.2) is 0 Å². The van der Waals surface area contributed by atoms with Gasteiger partial charge in [-0.25, -0.2) is 0 Å². The summed E-state index contributed by atoms with van der Waals surface area (Å²) in [6.07, 6.45) is 5.28. The number of nitrogens with zero attached hydrogens (tertiary/aromatic N) is 1. The Balaban J connectivity index is 1.46. The minimum atomic E-state index is -0.161. The third-order valence-electron chi connectivity index (χ3n) is 9.09. The second-order valence-corrected chi connectivity index (χ2v) is 10.7. The molecule has 0 aromatic heterocycles. The number of carbonyl (C=O) groups excluding carboxylic acids is 1. The van der Waals surface area contributed by atoms with Crippen LogP contribution in [0.3, 0.4) is 0 Å². The number of amides is 1. The fourth-order valence-corrected chi connectivity index (χ4v) is 7.11. The Kier molecular flexibility index (Phi) is 6.70. The van der Waals surface area contributed by atoms with Crippen molar-refractivity contribution in [2.45, 2.75) is 70.3 Å². The summed E-state index contributed by atoms with van der Waals surface area (Å²) in [5.74, 6) is 2.43. The molecule has 4 atom stereocenters. The number of fused-ring (bicyclic) bond motifs is 2. The van der Waals surface area contributed by atoms with Crippen molar-refractivity contribution in [2.24, 2.45) is 11.8 Å². The first-order valence-corrected chi connectivity index (χ1v) is 13.4. The molecule has 1 spiro atoms. The first-order chi connectivity index (χ1) is 16.6.